The van der Waals surface area contributed by atoms with E-state index >= 15 is 0 Å². The minimum atomic E-state index is -0.412. The van der Waals surface area contributed by atoms with E-state index in [2.05, 4.69) is 35.8 Å². The van der Waals surface area contributed by atoms with E-state index in [0.29, 0.717) is 5.95 Å². The molecule has 0 bridgehead atoms. The molecular weight excluding hydrogens is 325 g/mol. The predicted octanol–water partition coefficient (Wildman–Crippen LogP) is 2.10. The molecule has 0 unspecified atom stereocenters. The quantitative estimate of drug-likeness (QED) is 0.839. The summed E-state index contributed by atoms with van der Waals surface area (Å²) in [5.41, 5.74) is 0. The van der Waals surface area contributed by atoms with Gasteiger partial charge in [0.05, 0.1) is 16.9 Å². The molecule has 3 heterocycles. The minimum absolute atomic E-state index is 0.412. The molecule has 1 saturated heterocycles. The number of hydrogen-bond acceptors (Lipinski definition) is 5. The Hall–Kier alpha value is -1.76. The van der Waals surface area contributed by atoms with Crippen LogP contribution in [0.4, 0.5) is 16.2 Å². The average molecular weight is 338 g/mol. The number of hydrogen-bond donors (Lipinski definition) is 0. The van der Waals surface area contributed by atoms with Crippen molar-refractivity contribution in [2.45, 2.75) is 0 Å². The van der Waals surface area contributed by atoms with Crippen molar-refractivity contribution in [2.75, 3.05) is 36.0 Å². The van der Waals surface area contributed by atoms with Crippen LogP contribution in [0.15, 0.2) is 35.2 Å². The maximum absolute atomic E-state index is 12.8. The van der Waals surface area contributed by atoms with Gasteiger partial charge in [-0.1, -0.05) is 0 Å². The van der Waals surface area contributed by atoms with Gasteiger partial charge in [0.1, 0.15) is 5.82 Å². The van der Waals surface area contributed by atoms with E-state index in [1.54, 1.807) is 6.20 Å². The summed E-state index contributed by atoms with van der Waals surface area (Å²) >= 11 is 3.52. The molecule has 20 heavy (non-hydrogen) atoms. The van der Waals surface area contributed by atoms with E-state index < -0.39 is 5.82 Å². The van der Waals surface area contributed by atoms with Crippen LogP contribution < -0.4 is 9.80 Å². The molecule has 0 radical (unpaired) electrons. The first-order valence-electron chi connectivity index (χ1n) is 6.32. The fraction of sp³-hybridized carbons (Fsp3) is 0.308. The number of halogens is 2. The van der Waals surface area contributed by atoms with Gasteiger partial charge in [0, 0.05) is 32.4 Å². The van der Waals surface area contributed by atoms with Crippen molar-refractivity contribution < 1.29 is 4.39 Å². The van der Waals surface area contributed by atoms with Crippen molar-refractivity contribution in [3.05, 3.63) is 41.0 Å². The first-order valence-corrected chi connectivity index (χ1v) is 7.11. The van der Waals surface area contributed by atoms with Crippen molar-refractivity contribution in [1.82, 2.24) is 15.0 Å². The Kier molecular flexibility index (Phi) is 3.77. The van der Waals surface area contributed by atoms with Crippen molar-refractivity contribution in [1.29, 1.82) is 0 Å². The Morgan fingerprint density at radius 2 is 1.65 bits per heavy atom. The van der Waals surface area contributed by atoms with Crippen LogP contribution in [-0.4, -0.2) is 41.1 Å². The van der Waals surface area contributed by atoms with E-state index in [1.165, 1.54) is 12.4 Å². The van der Waals surface area contributed by atoms with E-state index in [1.807, 2.05) is 17.0 Å². The highest BCUT2D eigenvalue weighted by Gasteiger charge is 2.21. The molecule has 0 saturated carbocycles. The Balaban J connectivity index is 1.68. The lowest BCUT2D eigenvalue weighted by Gasteiger charge is -2.35. The van der Waals surface area contributed by atoms with E-state index in [9.17, 15) is 4.39 Å². The van der Waals surface area contributed by atoms with Crippen molar-refractivity contribution in [3.8, 4) is 0 Å². The molecule has 0 N–H and O–H groups in total. The molecule has 0 atom stereocenters. The summed E-state index contributed by atoms with van der Waals surface area (Å²) in [6, 6.07) is 3.88. The largest absolute Gasteiger partial charge is 0.352 e. The summed E-state index contributed by atoms with van der Waals surface area (Å²) in [5, 5.41) is 0. The standard InChI is InChI=1S/C13H13BrFN5/c14-11-2-1-3-16-12(11)19-4-6-20(7-5-19)13-17-8-10(15)9-18-13/h1-3,8-9H,4-7H2. The van der Waals surface area contributed by atoms with Gasteiger partial charge in [-0.25, -0.2) is 19.3 Å². The Morgan fingerprint density at radius 3 is 2.30 bits per heavy atom. The van der Waals surface area contributed by atoms with Gasteiger partial charge in [-0.05, 0) is 28.1 Å². The topological polar surface area (TPSA) is 45.2 Å². The lowest BCUT2D eigenvalue weighted by Crippen LogP contribution is -2.47. The van der Waals surface area contributed by atoms with Crippen molar-refractivity contribution in [3.63, 3.8) is 0 Å². The highest BCUT2D eigenvalue weighted by atomic mass is 79.9. The first kappa shape index (κ1) is 13.2. The zero-order chi connectivity index (χ0) is 13.9. The number of anilines is 2. The van der Waals surface area contributed by atoms with E-state index in [-0.39, 0.29) is 0 Å². The third kappa shape index (κ3) is 2.72. The maximum atomic E-state index is 12.8. The molecule has 7 heteroatoms. The Bertz CT molecular complexity index is 584. The minimum Gasteiger partial charge on any atom is -0.352 e. The van der Waals surface area contributed by atoms with Crippen LogP contribution in [0.25, 0.3) is 0 Å². The predicted molar refractivity (Wildman–Crippen MR) is 78.4 cm³/mol. The van der Waals surface area contributed by atoms with Gasteiger partial charge in [-0.15, -0.1) is 0 Å². The molecule has 1 aliphatic heterocycles. The summed E-state index contributed by atoms with van der Waals surface area (Å²) in [4.78, 5) is 16.7. The second-order valence-electron chi connectivity index (χ2n) is 4.48. The average Bonchev–Trinajstić information content (AvgIpc) is 2.49. The highest BCUT2D eigenvalue weighted by Crippen LogP contribution is 2.24. The number of nitrogens with zero attached hydrogens (tertiary/aromatic N) is 5. The van der Waals surface area contributed by atoms with Crippen molar-refractivity contribution >= 4 is 27.7 Å². The molecule has 1 aliphatic rings. The van der Waals surface area contributed by atoms with Gasteiger partial charge < -0.3 is 9.80 Å². The number of piperazine rings is 1. The van der Waals surface area contributed by atoms with Crippen LogP contribution in [0.2, 0.25) is 0 Å². The fourth-order valence-corrected chi connectivity index (χ4v) is 2.70. The number of aromatic nitrogens is 3. The number of rotatable bonds is 2. The van der Waals surface area contributed by atoms with Gasteiger partial charge in [-0.3, -0.25) is 0 Å². The fourth-order valence-electron chi connectivity index (χ4n) is 2.20. The molecule has 0 amide bonds. The molecule has 5 nitrogen and oxygen atoms in total. The smallest absolute Gasteiger partial charge is 0.225 e. The van der Waals surface area contributed by atoms with Crippen LogP contribution in [0.5, 0.6) is 0 Å². The molecule has 2 aromatic rings. The van der Waals surface area contributed by atoms with Gasteiger partial charge in [0.25, 0.3) is 0 Å². The summed E-state index contributed by atoms with van der Waals surface area (Å²) in [5.74, 6) is 1.11. The molecular formula is C13H13BrFN5. The second kappa shape index (κ2) is 5.70. The highest BCUT2D eigenvalue weighted by molar-refractivity contribution is 9.10. The monoisotopic (exact) mass is 337 g/mol. The molecule has 104 valence electrons. The van der Waals surface area contributed by atoms with Crippen LogP contribution in [0.3, 0.4) is 0 Å². The third-order valence-corrected chi connectivity index (χ3v) is 3.83. The van der Waals surface area contributed by atoms with E-state index in [4.69, 9.17) is 0 Å². The summed E-state index contributed by atoms with van der Waals surface area (Å²) in [6.07, 6.45) is 4.18. The van der Waals surface area contributed by atoms with Gasteiger partial charge in [-0.2, -0.15) is 0 Å². The first-order chi connectivity index (χ1) is 9.74. The molecule has 1 fully saturated rings. The summed E-state index contributed by atoms with van der Waals surface area (Å²) < 4.78 is 13.8. The summed E-state index contributed by atoms with van der Waals surface area (Å²) in [6.45, 7) is 3.23. The van der Waals surface area contributed by atoms with E-state index in [0.717, 1.165) is 36.5 Å². The Labute approximate surface area is 124 Å². The van der Waals surface area contributed by atoms with Crippen molar-refractivity contribution in [2.24, 2.45) is 0 Å². The van der Waals surface area contributed by atoms with Gasteiger partial charge in [0.2, 0.25) is 5.95 Å². The van der Waals surface area contributed by atoms with Crippen LogP contribution in [0.1, 0.15) is 0 Å². The molecule has 0 spiro atoms. The molecule has 0 aliphatic carbocycles. The van der Waals surface area contributed by atoms with Crippen LogP contribution in [-0.2, 0) is 0 Å². The molecule has 0 aromatic carbocycles. The summed E-state index contributed by atoms with van der Waals surface area (Å²) in [7, 11) is 0. The zero-order valence-electron chi connectivity index (χ0n) is 10.7. The normalized spacial score (nSPS) is 15.5. The second-order valence-corrected chi connectivity index (χ2v) is 5.34. The van der Waals surface area contributed by atoms with Crippen LogP contribution >= 0.6 is 15.9 Å². The lowest BCUT2D eigenvalue weighted by atomic mass is 10.3. The van der Waals surface area contributed by atoms with Gasteiger partial charge >= 0.3 is 0 Å². The van der Waals surface area contributed by atoms with Crippen LogP contribution in [0, 0.1) is 5.82 Å². The maximum Gasteiger partial charge on any atom is 0.225 e. The zero-order valence-corrected chi connectivity index (χ0v) is 12.3. The molecule has 2 aromatic heterocycles. The number of pyridine rings is 1. The third-order valence-electron chi connectivity index (χ3n) is 3.21. The van der Waals surface area contributed by atoms with Gasteiger partial charge in [0.15, 0.2) is 5.82 Å². The Morgan fingerprint density at radius 1 is 1.00 bits per heavy atom. The molecule has 3 rings (SSSR count). The SMILES string of the molecule is Fc1cnc(N2CCN(c3ncccc3Br)CC2)nc1. The lowest BCUT2D eigenvalue weighted by molar-refractivity contribution is 0.601.